The Morgan fingerprint density at radius 2 is 2.29 bits per heavy atom. The summed E-state index contributed by atoms with van der Waals surface area (Å²) in [5, 5.41) is 8.83. The van der Waals surface area contributed by atoms with Gasteiger partial charge in [-0.3, -0.25) is 4.79 Å². The zero-order valence-corrected chi connectivity index (χ0v) is 14.2. The van der Waals surface area contributed by atoms with E-state index in [-0.39, 0.29) is 11.8 Å². The van der Waals surface area contributed by atoms with E-state index in [1.165, 1.54) is 0 Å². The van der Waals surface area contributed by atoms with E-state index < -0.39 is 6.10 Å². The first-order valence-electron chi connectivity index (χ1n) is 8.19. The normalized spacial score (nSPS) is 23.0. The van der Waals surface area contributed by atoms with Crippen molar-refractivity contribution in [2.75, 3.05) is 13.1 Å². The van der Waals surface area contributed by atoms with Gasteiger partial charge in [-0.25, -0.2) is 0 Å². The van der Waals surface area contributed by atoms with Crippen molar-refractivity contribution in [3.63, 3.8) is 0 Å². The Morgan fingerprint density at radius 3 is 3.08 bits per heavy atom. The molecule has 0 aliphatic carbocycles. The van der Waals surface area contributed by atoms with Crippen LogP contribution in [-0.4, -0.2) is 44.8 Å². The molecule has 0 bridgehead atoms. The molecule has 2 aliphatic rings. The molecule has 2 aromatic rings. The first kappa shape index (κ1) is 15.4. The van der Waals surface area contributed by atoms with Crippen molar-refractivity contribution < 1.29 is 9.53 Å². The lowest BCUT2D eigenvalue weighted by Gasteiger charge is -2.33. The fourth-order valence-corrected chi connectivity index (χ4v) is 3.80. The van der Waals surface area contributed by atoms with Gasteiger partial charge in [-0.15, -0.1) is 10.2 Å². The van der Waals surface area contributed by atoms with E-state index in [1.54, 1.807) is 12.4 Å². The predicted molar refractivity (Wildman–Crippen MR) is 89.1 cm³/mol. The Morgan fingerprint density at radius 1 is 1.42 bits per heavy atom. The number of hydrogen-bond acceptors (Lipinski definition) is 4. The maximum Gasteiger partial charge on any atom is 0.264 e. The molecule has 6 nitrogen and oxygen atoms in total. The molecule has 2 unspecified atom stereocenters. The van der Waals surface area contributed by atoms with Crippen molar-refractivity contribution in [2.45, 2.75) is 31.3 Å². The Labute approximate surface area is 145 Å². The third-order valence-electron chi connectivity index (χ3n) is 4.82. The van der Waals surface area contributed by atoms with Crippen molar-refractivity contribution in [3.05, 3.63) is 40.9 Å². The monoisotopic (exact) mass is 346 g/mol. The Bertz CT molecular complexity index is 776. The van der Waals surface area contributed by atoms with E-state index in [0.717, 1.165) is 36.5 Å². The highest BCUT2D eigenvalue weighted by atomic mass is 35.5. The highest BCUT2D eigenvalue weighted by Crippen LogP contribution is 2.33. The second-order valence-corrected chi connectivity index (χ2v) is 6.92. The zero-order valence-electron chi connectivity index (χ0n) is 13.5. The van der Waals surface area contributed by atoms with Crippen LogP contribution in [0.3, 0.4) is 0 Å². The summed E-state index contributed by atoms with van der Waals surface area (Å²) in [5.41, 5.74) is 1.00. The molecule has 1 aromatic heterocycles. The average molecular weight is 347 g/mol. The van der Waals surface area contributed by atoms with Gasteiger partial charge in [0.2, 0.25) is 0 Å². The number of halogens is 1. The molecule has 1 aromatic carbocycles. The molecule has 0 spiro atoms. The number of benzene rings is 1. The Balaban J connectivity index is 1.46. The average Bonchev–Trinajstić information content (AvgIpc) is 3.20. The van der Waals surface area contributed by atoms with Gasteiger partial charge < -0.3 is 14.2 Å². The predicted octanol–water partition coefficient (Wildman–Crippen LogP) is 2.18. The van der Waals surface area contributed by atoms with Gasteiger partial charge in [0, 0.05) is 37.5 Å². The summed E-state index contributed by atoms with van der Waals surface area (Å²) >= 11 is 6.02. The van der Waals surface area contributed by atoms with E-state index in [1.807, 2.05) is 28.6 Å². The molecule has 126 valence electrons. The quantitative estimate of drug-likeness (QED) is 0.836. The van der Waals surface area contributed by atoms with E-state index >= 15 is 0 Å². The fourth-order valence-electron chi connectivity index (χ4n) is 3.61. The zero-order chi connectivity index (χ0) is 16.7. The van der Waals surface area contributed by atoms with Crippen LogP contribution in [0.1, 0.15) is 30.1 Å². The van der Waals surface area contributed by atoms with Gasteiger partial charge in [-0.2, -0.15) is 0 Å². The number of nitrogens with zero attached hydrogens (tertiary/aromatic N) is 4. The van der Waals surface area contributed by atoms with Crippen LogP contribution in [0.15, 0.2) is 24.5 Å². The first-order chi connectivity index (χ1) is 11.6. The minimum atomic E-state index is -0.447. The highest BCUT2D eigenvalue weighted by molar-refractivity contribution is 6.30. The van der Waals surface area contributed by atoms with Crippen molar-refractivity contribution in [1.29, 1.82) is 0 Å². The standard InChI is InChI=1S/C17H19ClN4O2/c1-21-10-19-20-16(21)11-3-2-6-22(9-11)17(23)15-8-12-7-13(18)4-5-14(12)24-15/h4-5,7,10-11,15H,2-3,6,8-9H2,1H3. The summed E-state index contributed by atoms with van der Waals surface area (Å²) in [5.74, 6) is 1.98. The van der Waals surface area contributed by atoms with Gasteiger partial charge in [0.15, 0.2) is 6.10 Å². The number of piperidine rings is 1. The van der Waals surface area contributed by atoms with Crippen LogP contribution in [0.4, 0.5) is 0 Å². The van der Waals surface area contributed by atoms with Gasteiger partial charge in [-0.1, -0.05) is 11.6 Å². The van der Waals surface area contributed by atoms with Gasteiger partial charge in [0.25, 0.3) is 5.91 Å². The smallest absolute Gasteiger partial charge is 0.264 e. The minimum absolute atomic E-state index is 0.0502. The number of aryl methyl sites for hydroxylation is 1. The SMILES string of the molecule is Cn1cnnc1C1CCCN(C(=O)C2Cc3cc(Cl)ccc3O2)C1. The summed E-state index contributed by atoms with van der Waals surface area (Å²) in [6, 6.07) is 5.50. The second-order valence-electron chi connectivity index (χ2n) is 6.49. The number of aromatic nitrogens is 3. The van der Waals surface area contributed by atoms with Gasteiger partial charge in [0.05, 0.1) is 0 Å². The maximum atomic E-state index is 12.9. The summed E-state index contributed by atoms with van der Waals surface area (Å²) in [7, 11) is 1.94. The number of fused-ring (bicyclic) bond motifs is 1. The topological polar surface area (TPSA) is 60.2 Å². The first-order valence-corrected chi connectivity index (χ1v) is 8.57. The van der Waals surface area contributed by atoms with E-state index in [9.17, 15) is 4.79 Å². The number of ether oxygens (including phenoxy) is 1. The molecule has 0 N–H and O–H groups in total. The maximum absolute atomic E-state index is 12.9. The molecule has 2 aliphatic heterocycles. The van der Waals surface area contributed by atoms with Crippen LogP contribution in [0.5, 0.6) is 5.75 Å². The molecular formula is C17H19ClN4O2. The molecule has 7 heteroatoms. The molecule has 3 heterocycles. The van der Waals surface area contributed by atoms with Crippen LogP contribution in [0.25, 0.3) is 0 Å². The van der Waals surface area contributed by atoms with Crippen molar-refractivity contribution in [3.8, 4) is 5.75 Å². The van der Waals surface area contributed by atoms with Gasteiger partial charge in [0.1, 0.15) is 17.9 Å². The molecule has 1 saturated heterocycles. The lowest BCUT2D eigenvalue weighted by molar-refractivity contribution is -0.139. The molecule has 2 atom stereocenters. The third kappa shape index (κ3) is 2.75. The van der Waals surface area contributed by atoms with Crippen molar-refractivity contribution >= 4 is 17.5 Å². The van der Waals surface area contributed by atoms with Crippen molar-refractivity contribution in [2.24, 2.45) is 7.05 Å². The molecular weight excluding hydrogens is 328 g/mol. The van der Waals surface area contributed by atoms with Crippen LogP contribution in [0.2, 0.25) is 5.02 Å². The number of carbonyl (C=O) groups is 1. The molecule has 24 heavy (non-hydrogen) atoms. The van der Waals surface area contributed by atoms with E-state index in [4.69, 9.17) is 16.3 Å². The van der Waals surface area contributed by atoms with Crippen LogP contribution in [0, 0.1) is 0 Å². The van der Waals surface area contributed by atoms with Crippen LogP contribution >= 0.6 is 11.6 Å². The molecule has 0 radical (unpaired) electrons. The second kappa shape index (κ2) is 6.09. The summed E-state index contributed by atoms with van der Waals surface area (Å²) < 4.78 is 7.78. The van der Waals surface area contributed by atoms with Gasteiger partial charge >= 0.3 is 0 Å². The number of carbonyl (C=O) groups excluding carboxylic acids is 1. The van der Waals surface area contributed by atoms with E-state index in [0.29, 0.717) is 18.0 Å². The summed E-state index contributed by atoms with van der Waals surface area (Å²) in [6.07, 6.45) is 3.83. The number of rotatable bonds is 2. The number of amides is 1. The molecule has 1 amide bonds. The Hall–Kier alpha value is -2.08. The lowest BCUT2D eigenvalue weighted by Crippen LogP contribution is -2.46. The van der Waals surface area contributed by atoms with Crippen molar-refractivity contribution in [1.82, 2.24) is 19.7 Å². The Kier molecular flexibility index (Phi) is 3.92. The largest absolute Gasteiger partial charge is 0.480 e. The number of hydrogen-bond donors (Lipinski definition) is 0. The summed E-state index contributed by atoms with van der Waals surface area (Å²) in [6.45, 7) is 1.44. The fraction of sp³-hybridized carbons (Fsp3) is 0.471. The highest BCUT2D eigenvalue weighted by Gasteiger charge is 2.35. The summed E-state index contributed by atoms with van der Waals surface area (Å²) in [4.78, 5) is 14.8. The van der Waals surface area contributed by atoms with Crippen LogP contribution in [-0.2, 0) is 18.3 Å². The molecule has 0 saturated carbocycles. The van der Waals surface area contributed by atoms with Crippen LogP contribution < -0.4 is 4.74 Å². The lowest BCUT2D eigenvalue weighted by atomic mass is 9.96. The minimum Gasteiger partial charge on any atom is -0.480 e. The number of likely N-dealkylation sites (tertiary alicyclic amines) is 1. The molecule has 1 fully saturated rings. The van der Waals surface area contributed by atoms with E-state index in [2.05, 4.69) is 10.2 Å². The van der Waals surface area contributed by atoms with Gasteiger partial charge in [-0.05, 0) is 36.6 Å². The third-order valence-corrected chi connectivity index (χ3v) is 5.05. The molecule has 4 rings (SSSR count).